The van der Waals surface area contributed by atoms with Crippen LogP contribution in [0.1, 0.15) is 28.8 Å². The van der Waals surface area contributed by atoms with Crippen molar-refractivity contribution in [3.8, 4) is 17.2 Å². The number of para-hydroxylation sites is 1. The van der Waals surface area contributed by atoms with Crippen molar-refractivity contribution in [2.24, 2.45) is 0 Å². The van der Waals surface area contributed by atoms with E-state index in [1.807, 2.05) is 18.2 Å². The quantitative estimate of drug-likeness (QED) is 0.793. The summed E-state index contributed by atoms with van der Waals surface area (Å²) in [6, 6.07) is 13.1. The highest BCUT2D eigenvalue weighted by molar-refractivity contribution is 5.95. The van der Waals surface area contributed by atoms with E-state index >= 15 is 0 Å². The first-order valence-corrected chi connectivity index (χ1v) is 9.34. The number of amides is 1. The number of ether oxygens (including phenoxy) is 4. The molecule has 0 atom stereocenters. The van der Waals surface area contributed by atoms with Crippen LogP contribution in [-0.2, 0) is 10.2 Å². The summed E-state index contributed by atoms with van der Waals surface area (Å²) in [4.78, 5) is 12.9. The number of carbonyl (C=O) groups is 1. The summed E-state index contributed by atoms with van der Waals surface area (Å²) in [7, 11) is 4.80. The van der Waals surface area contributed by atoms with Crippen molar-refractivity contribution in [2.75, 3.05) is 41.1 Å². The van der Waals surface area contributed by atoms with Crippen LogP contribution in [0.5, 0.6) is 17.2 Å². The minimum Gasteiger partial charge on any atom is -0.497 e. The van der Waals surface area contributed by atoms with E-state index in [-0.39, 0.29) is 11.3 Å². The summed E-state index contributed by atoms with van der Waals surface area (Å²) in [5, 5.41) is 3.10. The zero-order valence-electron chi connectivity index (χ0n) is 16.6. The molecule has 1 saturated heterocycles. The van der Waals surface area contributed by atoms with Gasteiger partial charge in [-0.25, -0.2) is 0 Å². The first-order chi connectivity index (χ1) is 13.6. The predicted octanol–water partition coefficient (Wildman–Crippen LogP) is 3.19. The monoisotopic (exact) mass is 385 g/mol. The van der Waals surface area contributed by atoms with E-state index in [4.69, 9.17) is 18.9 Å². The number of benzene rings is 2. The molecule has 6 heteroatoms. The van der Waals surface area contributed by atoms with Crippen LogP contribution >= 0.6 is 0 Å². The van der Waals surface area contributed by atoms with Crippen molar-refractivity contribution in [3.05, 3.63) is 53.6 Å². The van der Waals surface area contributed by atoms with Crippen LogP contribution in [0.2, 0.25) is 0 Å². The second-order valence-electron chi connectivity index (χ2n) is 6.88. The van der Waals surface area contributed by atoms with Gasteiger partial charge in [0.25, 0.3) is 5.91 Å². The maximum atomic E-state index is 12.9. The Kier molecular flexibility index (Phi) is 6.41. The van der Waals surface area contributed by atoms with Gasteiger partial charge in [-0.2, -0.15) is 0 Å². The minimum atomic E-state index is -0.233. The summed E-state index contributed by atoms with van der Waals surface area (Å²) in [5.74, 6) is 1.82. The molecule has 150 valence electrons. The van der Waals surface area contributed by atoms with Crippen LogP contribution in [0.3, 0.4) is 0 Å². The Balaban J connectivity index is 1.84. The van der Waals surface area contributed by atoms with Crippen LogP contribution in [0.15, 0.2) is 42.5 Å². The normalized spacial score (nSPS) is 15.5. The van der Waals surface area contributed by atoms with Gasteiger partial charge < -0.3 is 24.3 Å². The third kappa shape index (κ3) is 4.22. The number of methoxy groups -OCH3 is 3. The average Bonchev–Trinajstić information content (AvgIpc) is 2.77. The molecule has 0 saturated carbocycles. The van der Waals surface area contributed by atoms with Crippen molar-refractivity contribution in [3.63, 3.8) is 0 Å². The lowest BCUT2D eigenvalue weighted by molar-refractivity contribution is 0.0479. The molecule has 2 aromatic rings. The predicted molar refractivity (Wildman–Crippen MR) is 107 cm³/mol. The van der Waals surface area contributed by atoms with E-state index in [0.29, 0.717) is 36.8 Å². The molecular formula is C22H27NO5. The molecule has 3 rings (SSSR count). The molecule has 0 unspecified atom stereocenters. The topological polar surface area (TPSA) is 66.0 Å². The molecule has 1 heterocycles. The second-order valence-corrected chi connectivity index (χ2v) is 6.88. The molecule has 1 fully saturated rings. The Bertz CT molecular complexity index is 792. The van der Waals surface area contributed by atoms with Gasteiger partial charge in [0.1, 0.15) is 17.2 Å². The number of nitrogens with one attached hydrogen (secondary N) is 1. The number of hydrogen-bond donors (Lipinski definition) is 1. The maximum absolute atomic E-state index is 12.9. The zero-order valence-corrected chi connectivity index (χ0v) is 16.6. The standard InChI is InChI=1S/C22H27NO5/c1-25-17-12-16(13-18(14-17)26-2)21(24)23-15-22(8-10-28-11-9-22)19-6-4-5-7-20(19)27-3/h4-7,12-14H,8-11,15H2,1-3H3,(H,23,24). The van der Waals surface area contributed by atoms with Gasteiger partial charge in [-0.3, -0.25) is 4.79 Å². The number of rotatable bonds is 7. The van der Waals surface area contributed by atoms with Crippen LogP contribution in [0, 0.1) is 0 Å². The van der Waals surface area contributed by atoms with Crippen LogP contribution in [0.25, 0.3) is 0 Å². The Labute approximate surface area is 165 Å². The SMILES string of the molecule is COc1cc(OC)cc(C(=O)NCC2(c3ccccc3OC)CCOCC2)c1. The van der Waals surface area contributed by atoms with E-state index in [9.17, 15) is 4.79 Å². The molecule has 1 N–H and O–H groups in total. The number of hydrogen-bond acceptors (Lipinski definition) is 5. The van der Waals surface area contributed by atoms with Gasteiger partial charge >= 0.3 is 0 Å². The first kappa shape index (κ1) is 20.0. The Hall–Kier alpha value is -2.73. The summed E-state index contributed by atoms with van der Waals surface area (Å²) >= 11 is 0. The maximum Gasteiger partial charge on any atom is 0.251 e. The smallest absolute Gasteiger partial charge is 0.251 e. The lowest BCUT2D eigenvalue weighted by atomic mass is 9.73. The summed E-state index contributed by atoms with van der Waals surface area (Å²) in [5.41, 5.74) is 1.37. The van der Waals surface area contributed by atoms with Crippen molar-refractivity contribution < 1.29 is 23.7 Å². The van der Waals surface area contributed by atoms with E-state index < -0.39 is 0 Å². The summed E-state index contributed by atoms with van der Waals surface area (Å²) in [6.45, 7) is 1.80. The molecule has 0 radical (unpaired) electrons. The minimum absolute atomic E-state index is 0.169. The summed E-state index contributed by atoms with van der Waals surface area (Å²) < 4.78 is 21.7. The zero-order chi connectivity index (χ0) is 20.0. The van der Waals surface area contributed by atoms with Crippen molar-refractivity contribution >= 4 is 5.91 Å². The van der Waals surface area contributed by atoms with E-state index in [1.165, 1.54) is 0 Å². The van der Waals surface area contributed by atoms with E-state index in [2.05, 4.69) is 11.4 Å². The molecule has 0 spiro atoms. The van der Waals surface area contributed by atoms with Gasteiger partial charge in [0.15, 0.2) is 0 Å². The van der Waals surface area contributed by atoms with Gasteiger partial charge in [0.2, 0.25) is 0 Å². The van der Waals surface area contributed by atoms with Gasteiger partial charge in [-0.1, -0.05) is 18.2 Å². The van der Waals surface area contributed by atoms with E-state index in [1.54, 1.807) is 39.5 Å². The molecule has 0 aromatic heterocycles. The highest BCUT2D eigenvalue weighted by atomic mass is 16.5. The van der Waals surface area contributed by atoms with Gasteiger partial charge in [-0.15, -0.1) is 0 Å². The fraction of sp³-hybridized carbons (Fsp3) is 0.409. The third-order valence-electron chi connectivity index (χ3n) is 5.33. The molecule has 2 aromatic carbocycles. The largest absolute Gasteiger partial charge is 0.497 e. The van der Waals surface area contributed by atoms with E-state index in [0.717, 1.165) is 24.2 Å². The van der Waals surface area contributed by atoms with Crippen molar-refractivity contribution in [1.82, 2.24) is 5.32 Å². The second kappa shape index (κ2) is 8.97. The molecule has 0 aliphatic carbocycles. The molecule has 0 bridgehead atoms. The van der Waals surface area contributed by atoms with Crippen molar-refractivity contribution in [2.45, 2.75) is 18.3 Å². The van der Waals surface area contributed by atoms with Crippen LogP contribution < -0.4 is 19.5 Å². The third-order valence-corrected chi connectivity index (χ3v) is 5.33. The van der Waals surface area contributed by atoms with Gasteiger partial charge in [-0.05, 0) is 31.0 Å². The highest BCUT2D eigenvalue weighted by Crippen LogP contribution is 2.39. The van der Waals surface area contributed by atoms with Crippen molar-refractivity contribution in [1.29, 1.82) is 0 Å². The Morgan fingerprint density at radius 2 is 1.64 bits per heavy atom. The van der Waals surface area contributed by atoms with Crippen LogP contribution in [0.4, 0.5) is 0 Å². The molecule has 1 aliphatic heterocycles. The molecule has 1 aliphatic rings. The molecule has 6 nitrogen and oxygen atoms in total. The fourth-order valence-electron chi connectivity index (χ4n) is 3.68. The molecule has 28 heavy (non-hydrogen) atoms. The van der Waals surface area contributed by atoms with Crippen LogP contribution in [-0.4, -0.2) is 47.0 Å². The fourth-order valence-corrected chi connectivity index (χ4v) is 3.68. The first-order valence-electron chi connectivity index (χ1n) is 9.34. The molecule has 1 amide bonds. The Morgan fingerprint density at radius 3 is 2.25 bits per heavy atom. The van der Waals surface area contributed by atoms with Gasteiger partial charge in [0, 0.05) is 42.4 Å². The van der Waals surface area contributed by atoms with Gasteiger partial charge in [0.05, 0.1) is 21.3 Å². The lowest BCUT2D eigenvalue weighted by Crippen LogP contribution is -2.44. The number of carbonyl (C=O) groups excluding carboxylic acids is 1. The summed E-state index contributed by atoms with van der Waals surface area (Å²) in [6.07, 6.45) is 1.63. The lowest BCUT2D eigenvalue weighted by Gasteiger charge is -2.38. The highest BCUT2D eigenvalue weighted by Gasteiger charge is 2.37. The average molecular weight is 385 g/mol. The molecular weight excluding hydrogens is 358 g/mol. The Morgan fingerprint density at radius 1 is 1.00 bits per heavy atom.